The fourth-order valence-corrected chi connectivity index (χ4v) is 2.45. The van der Waals surface area contributed by atoms with E-state index in [1.165, 1.54) is 17.2 Å². The van der Waals surface area contributed by atoms with Gasteiger partial charge in [-0.05, 0) is 59.0 Å². The number of carbonyl (C=O) groups excluding carboxylic acids is 2. The second-order valence-electron chi connectivity index (χ2n) is 4.67. The summed E-state index contributed by atoms with van der Waals surface area (Å²) in [5.74, 6) is -0.926. The van der Waals surface area contributed by atoms with Crippen LogP contribution in [-0.4, -0.2) is 16.9 Å². The first-order valence-electron chi connectivity index (χ1n) is 6.47. The molecule has 0 saturated carbocycles. The van der Waals surface area contributed by atoms with E-state index in [0.717, 1.165) is 3.57 Å². The van der Waals surface area contributed by atoms with Gasteiger partial charge in [-0.25, -0.2) is 5.01 Å². The van der Waals surface area contributed by atoms with Gasteiger partial charge in [-0.15, -0.1) is 0 Å². The molecule has 1 heterocycles. The molecular formula is C16H11IN2O3. The molecule has 0 radical (unpaired) electrons. The van der Waals surface area contributed by atoms with E-state index in [0.29, 0.717) is 11.3 Å². The molecule has 2 aromatic carbocycles. The predicted octanol–water partition coefficient (Wildman–Crippen LogP) is 2.46. The SMILES string of the molecule is O=C1NN(c2ccc(I)cc2)C(=O)C1=Cc1ccccc1O. The zero-order valence-electron chi connectivity index (χ0n) is 11.3. The molecule has 1 fully saturated rings. The van der Waals surface area contributed by atoms with Crippen LogP contribution in [0.5, 0.6) is 5.75 Å². The average molecular weight is 406 g/mol. The minimum atomic E-state index is -0.494. The maximum atomic E-state index is 12.4. The van der Waals surface area contributed by atoms with Crippen molar-refractivity contribution in [1.82, 2.24) is 5.43 Å². The fraction of sp³-hybridized carbons (Fsp3) is 0. The number of hydrogen-bond donors (Lipinski definition) is 2. The zero-order chi connectivity index (χ0) is 15.7. The Bertz CT molecular complexity index is 784. The number of rotatable bonds is 2. The normalized spacial score (nSPS) is 16.2. The lowest BCUT2D eigenvalue weighted by Gasteiger charge is -2.14. The van der Waals surface area contributed by atoms with Gasteiger partial charge in [0.2, 0.25) is 0 Å². The number of benzene rings is 2. The topological polar surface area (TPSA) is 69.6 Å². The third-order valence-corrected chi connectivity index (χ3v) is 3.93. The molecular weight excluding hydrogens is 395 g/mol. The summed E-state index contributed by atoms with van der Waals surface area (Å²) in [6.07, 6.45) is 1.39. The van der Waals surface area contributed by atoms with Crippen LogP contribution in [0.15, 0.2) is 54.1 Å². The number of para-hydroxylation sites is 1. The van der Waals surface area contributed by atoms with Crippen molar-refractivity contribution in [3.63, 3.8) is 0 Å². The maximum absolute atomic E-state index is 12.4. The van der Waals surface area contributed by atoms with Crippen LogP contribution >= 0.6 is 22.6 Å². The zero-order valence-corrected chi connectivity index (χ0v) is 13.4. The number of nitrogens with zero attached hydrogens (tertiary/aromatic N) is 1. The highest BCUT2D eigenvalue weighted by Gasteiger charge is 2.34. The maximum Gasteiger partial charge on any atom is 0.282 e. The molecule has 1 saturated heterocycles. The number of anilines is 1. The van der Waals surface area contributed by atoms with Gasteiger partial charge >= 0.3 is 0 Å². The summed E-state index contributed by atoms with van der Waals surface area (Å²) in [7, 11) is 0. The van der Waals surface area contributed by atoms with Crippen LogP contribution in [0.2, 0.25) is 0 Å². The van der Waals surface area contributed by atoms with Crippen molar-refractivity contribution >= 4 is 46.2 Å². The highest BCUT2D eigenvalue weighted by Crippen LogP contribution is 2.24. The number of phenolic OH excluding ortho intramolecular Hbond substituents is 1. The Morgan fingerprint density at radius 2 is 1.73 bits per heavy atom. The highest BCUT2D eigenvalue weighted by atomic mass is 127. The first-order valence-corrected chi connectivity index (χ1v) is 7.55. The number of carbonyl (C=O) groups is 2. The number of nitrogens with one attached hydrogen (secondary N) is 1. The van der Waals surface area contributed by atoms with Crippen molar-refractivity contribution in [3.05, 3.63) is 63.2 Å². The van der Waals surface area contributed by atoms with E-state index < -0.39 is 11.8 Å². The van der Waals surface area contributed by atoms with Gasteiger partial charge < -0.3 is 5.11 Å². The van der Waals surface area contributed by atoms with Gasteiger partial charge in [-0.3, -0.25) is 15.0 Å². The van der Waals surface area contributed by atoms with Gasteiger partial charge in [0.1, 0.15) is 11.3 Å². The Labute approximate surface area is 140 Å². The van der Waals surface area contributed by atoms with Gasteiger partial charge in [-0.2, -0.15) is 0 Å². The van der Waals surface area contributed by atoms with Crippen molar-refractivity contribution in [3.8, 4) is 5.75 Å². The quantitative estimate of drug-likeness (QED) is 0.458. The molecule has 0 spiro atoms. The molecule has 0 aliphatic carbocycles. The highest BCUT2D eigenvalue weighted by molar-refractivity contribution is 14.1. The van der Waals surface area contributed by atoms with Crippen molar-refractivity contribution in [2.75, 3.05) is 5.01 Å². The summed E-state index contributed by atoms with van der Waals surface area (Å²) in [5.41, 5.74) is 3.51. The second kappa shape index (κ2) is 5.80. The second-order valence-corrected chi connectivity index (χ2v) is 5.92. The van der Waals surface area contributed by atoms with E-state index in [2.05, 4.69) is 28.0 Å². The number of hydrazine groups is 1. The lowest BCUT2D eigenvalue weighted by Crippen LogP contribution is -2.35. The summed E-state index contributed by atoms with van der Waals surface area (Å²) in [4.78, 5) is 24.4. The summed E-state index contributed by atoms with van der Waals surface area (Å²) >= 11 is 2.16. The molecule has 0 atom stereocenters. The van der Waals surface area contributed by atoms with Crippen molar-refractivity contribution in [2.24, 2.45) is 0 Å². The van der Waals surface area contributed by atoms with Crippen molar-refractivity contribution in [2.45, 2.75) is 0 Å². The Balaban J connectivity index is 1.95. The number of hydrogen-bond acceptors (Lipinski definition) is 3. The average Bonchev–Trinajstić information content (AvgIpc) is 2.78. The van der Waals surface area contributed by atoms with E-state index in [9.17, 15) is 14.7 Å². The van der Waals surface area contributed by atoms with E-state index >= 15 is 0 Å². The Morgan fingerprint density at radius 3 is 2.41 bits per heavy atom. The molecule has 1 aliphatic rings. The molecule has 22 heavy (non-hydrogen) atoms. The van der Waals surface area contributed by atoms with Gasteiger partial charge in [0, 0.05) is 9.13 Å². The van der Waals surface area contributed by atoms with Crippen LogP contribution in [0.1, 0.15) is 5.56 Å². The molecule has 2 aromatic rings. The van der Waals surface area contributed by atoms with Gasteiger partial charge in [-0.1, -0.05) is 18.2 Å². The van der Waals surface area contributed by atoms with E-state index in [4.69, 9.17) is 0 Å². The number of halogens is 1. The Morgan fingerprint density at radius 1 is 1.05 bits per heavy atom. The van der Waals surface area contributed by atoms with Crippen molar-refractivity contribution in [1.29, 1.82) is 0 Å². The summed E-state index contributed by atoms with van der Waals surface area (Å²) < 4.78 is 1.03. The first-order chi connectivity index (χ1) is 10.6. The van der Waals surface area contributed by atoms with Crippen LogP contribution in [0.3, 0.4) is 0 Å². The molecule has 1 aliphatic heterocycles. The Kier molecular flexibility index (Phi) is 3.84. The minimum Gasteiger partial charge on any atom is -0.507 e. The minimum absolute atomic E-state index is 0.0138. The Hall–Kier alpha value is -2.35. The van der Waals surface area contributed by atoms with Gasteiger partial charge in [0.05, 0.1) is 5.69 Å². The van der Waals surface area contributed by atoms with Crippen LogP contribution in [-0.2, 0) is 9.59 Å². The van der Waals surface area contributed by atoms with E-state index in [1.54, 1.807) is 30.3 Å². The lowest BCUT2D eigenvalue weighted by atomic mass is 10.1. The molecule has 0 bridgehead atoms. The summed E-state index contributed by atoms with van der Waals surface area (Å²) in [6.45, 7) is 0. The van der Waals surface area contributed by atoms with Gasteiger partial charge in [0.25, 0.3) is 11.8 Å². The molecule has 110 valence electrons. The standard InChI is InChI=1S/C16H11IN2O3/c17-11-5-7-12(8-6-11)19-16(22)13(15(21)18-19)9-10-3-1-2-4-14(10)20/h1-9,20H,(H,18,21). The first kappa shape index (κ1) is 14.6. The number of phenols is 1. The fourth-order valence-electron chi connectivity index (χ4n) is 2.09. The molecule has 2 amide bonds. The third-order valence-electron chi connectivity index (χ3n) is 3.21. The largest absolute Gasteiger partial charge is 0.507 e. The monoisotopic (exact) mass is 406 g/mol. The lowest BCUT2D eigenvalue weighted by molar-refractivity contribution is -0.117. The van der Waals surface area contributed by atoms with Crippen LogP contribution in [0.4, 0.5) is 5.69 Å². The van der Waals surface area contributed by atoms with Crippen molar-refractivity contribution < 1.29 is 14.7 Å². The van der Waals surface area contributed by atoms with E-state index in [-0.39, 0.29) is 11.3 Å². The van der Waals surface area contributed by atoms with Crippen LogP contribution in [0, 0.1) is 3.57 Å². The predicted molar refractivity (Wildman–Crippen MR) is 90.9 cm³/mol. The summed E-state index contributed by atoms with van der Waals surface area (Å²) in [5, 5.41) is 11.0. The smallest absolute Gasteiger partial charge is 0.282 e. The number of amides is 2. The molecule has 2 N–H and O–H groups in total. The molecule has 0 unspecified atom stereocenters. The molecule has 5 nitrogen and oxygen atoms in total. The third kappa shape index (κ3) is 2.69. The molecule has 0 aromatic heterocycles. The number of aromatic hydroxyl groups is 1. The molecule has 6 heteroatoms. The summed E-state index contributed by atoms with van der Waals surface area (Å²) in [6, 6.07) is 13.7. The van der Waals surface area contributed by atoms with Crippen LogP contribution in [0.25, 0.3) is 6.08 Å². The van der Waals surface area contributed by atoms with Gasteiger partial charge in [0.15, 0.2) is 0 Å². The molecule has 3 rings (SSSR count). The van der Waals surface area contributed by atoms with Crippen LogP contribution < -0.4 is 10.4 Å². The van der Waals surface area contributed by atoms with E-state index in [1.807, 2.05) is 12.1 Å².